The van der Waals surface area contributed by atoms with Crippen LogP contribution in [0.4, 0.5) is 5.69 Å². The van der Waals surface area contributed by atoms with Crippen LogP contribution in [0.1, 0.15) is 25.3 Å². The van der Waals surface area contributed by atoms with Crippen molar-refractivity contribution in [1.29, 1.82) is 0 Å². The standard InChI is InChI=1S/C18H19ClN2O6/c1-10-14(17(22)26-3)16(12-6-4-5-7-13(12)21(24)25)15(11(2)20-10)18(23)27-9-8-19/h4-7,16,20H,8-9H2,1-3H3. The second kappa shape index (κ2) is 8.68. The third-order valence-electron chi connectivity index (χ3n) is 4.14. The Kier molecular flexibility index (Phi) is 6.57. The van der Waals surface area contributed by atoms with Crippen molar-refractivity contribution in [3.05, 3.63) is 62.5 Å². The maximum atomic E-state index is 12.7. The summed E-state index contributed by atoms with van der Waals surface area (Å²) in [6, 6.07) is 5.94. The largest absolute Gasteiger partial charge is 0.466 e. The van der Waals surface area contributed by atoms with E-state index in [1.165, 1.54) is 25.3 Å². The molecule has 8 nitrogen and oxygen atoms in total. The minimum Gasteiger partial charge on any atom is -0.466 e. The molecule has 1 unspecified atom stereocenters. The summed E-state index contributed by atoms with van der Waals surface area (Å²) in [7, 11) is 1.20. The van der Waals surface area contributed by atoms with E-state index in [1.807, 2.05) is 0 Å². The molecule has 1 aliphatic heterocycles. The molecule has 0 spiro atoms. The number of hydrogen-bond donors (Lipinski definition) is 1. The van der Waals surface area contributed by atoms with Gasteiger partial charge in [0.05, 0.1) is 35.0 Å². The highest BCUT2D eigenvalue weighted by Gasteiger charge is 2.40. The van der Waals surface area contributed by atoms with Crippen LogP contribution in [0.5, 0.6) is 0 Å². The Labute approximate surface area is 160 Å². The molecule has 27 heavy (non-hydrogen) atoms. The van der Waals surface area contributed by atoms with Crippen LogP contribution in [0.25, 0.3) is 0 Å². The fourth-order valence-electron chi connectivity index (χ4n) is 3.06. The van der Waals surface area contributed by atoms with E-state index in [9.17, 15) is 19.7 Å². The number of nitro benzene ring substituents is 1. The van der Waals surface area contributed by atoms with Gasteiger partial charge in [0.2, 0.25) is 0 Å². The number of dihydropyridines is 1. The minimum atomic E-state index is -1.01. The first-order valence-corrected chi connectivity index (χ1v) is 8.60. The third kappa shape index (κ3) is 4.11. The van der Waals surface area contributed by atoms with Crippen molar-refractivity contribution in [2.24, 2.45) is 0 Å². The van der Waals surface area contributed by atoms with E-state index < -0.39 is 22.8 Å². The highest BCUT2D eigenvalue weighted by molar-refractivity contribution is 6.18. The summed E-state index contributed by atoms with van der Waals surface area (Å²) in [6.45, 7) is 3.24. The van der Waals surface area contributed by atoms with Crippen LogP contribution in [0.2, 0.25) is 0 Å². The molecule has 1 heterocycles. The first-order chi connectivity index (χ1) is 12.8. The normalized spacial score (nSPS) is 16.7. The van der Waals surface area contributed by atoms with Gasteiger partial charge >= 0.3 is 11.9 Å². The van der Waals surface area contributed by atoms with Gasteiger partial charge in [-0.2, -0.15) is 0 Å². The topological polar surface area (TPSA) is 108 Å². The molecule has 2 rings (SSSR count). The van der Waals surface area contributed by atoms with Crippen LogP contribution in [-0.2, 0) is 19.1 Å². The van der Waals surface area contributed by atoms with E-state index in [-0.39, 0.29) is 34.9 Å². The minimum absolute atomic E-state index is 0.0307. The van der Waals surface area contributed by atoms with Crippen molar-refractivity contribution >= 4 is 29.2 Å². The quantitative estimate of drug-likeness (QED) is 0.342. The highest BCUT2D eigenvalue weighted by Crippen LogP contribution is 2.42. The predicted octanol–water partition coefficient (Wildman–Crippen LogP) is 2.78. The lowest BCUT2D eigenvalue weighted by molar-refractivity contribution is -0.385. The van der Waals surface area contributed by atoms with E-state index in [2.05, 4.69) is 5.32 Å². The zero-order chi connectivity index (χ0) is 20.1. The molecule has 0 radical (unpaired) electrons. The first kappa shape index (κ1) is 20.4. The first-order valence-electron chi connectivity index (χ1n) is 8.06. The van der Waals surface area contributed by atoms with Gasteiger partial charge < -0.3 is 14.8 Å². The number of allylic oxidation sites excluding steroid dienone is 2. The number of nitro groups is 1. The van der Waals surface area contributed by atoms with Crippen molar-refractivity contribution in [1.82, 2.24) is 5.32 Å². The average molecular weight is 395 g/mol. The fourth-order valence-corrected chi connectivity index (χ4v) is 3.14. The maximum Gasteiger partial charge on any atom is 0.336 e. The molecule has 0 aromatic heterocycles. The van der Waals surface area contributed by atoms with Crippen molar-refractivity contribution < 1.29 is 24.0 Å². The Hall–Kier alpha value is -2.87. The number of esters is 2. The monoisotopic (exact) mass is 394 g/mol. The number of carbonyl (C=O) groups excluding carboxylic acids is 2. The molecule has 0 fully saturated rings. The molecular formula is C18H19ClN2O6. The molecule has 0 amide bonds. The summed E-state index contributed by atoms with van der Waals surface area (Å²) < 4.78 is 9.99. The number of nitrogens with one attached hydrogen (secondary N) is 1. The summed E-state index contributed by atoms with van der Waals surface area (Å²) >= 11 is 5.58. The summed E-state index contributed by atoms with van der Waals surface area (Å²) in [5.41, 5.74) is 1.06. The van der Waals surface area contributed by atoms with Crippen LogP contribution in [0, 0.1) is 10.1 Å². The number of hydrogen-bond acceptors (Lipinski definition) is 7. The number of para-hydroxylation sites is 1. The number of halogens is 1. The Morgan fingerprint density at radius 1 is 1.19 bits per heavy atom. The van der Waals surface area contributed by atoms with Gasteiger partial charge in [-0.05, 0) is 13.8 Å². The van der Waals surface area contributed by atoms with E-state index >= 15 is 0 Å². The molecule has 1 N–H and O–H groups in total. The van der Waals surface area contributed by atoms with Crippen molar-refractivity contribution in [3.8, 4) is 0 Å². The van der Waals surface area contributed by atoms with E-state index in [0.717, 1.165) is 0 Å². The van der Waals surface area contributed by atoms with Gasteiger partial charge in [-0.25, -0.2) is 9.59 Å². The van der Waals surface area contributed by atoms with Crippen LogP contribution in [-0.4, -0.2) is 36.5 Å². The molecule has 0 saturated carbocycles. The Morgan fingerprint density at radius 2 is 1.78 bits per heavy atom. The lowest BCUT2D eigenvalue weighted by atomic mass is 9.79. The van der Waals surface area contributed by atoms with E-state index in [4.69, 9.17) is 21.1 Å². The smallest absolute Gasteiger partial charge is 0.336 e. The Bertz CT molecular complexity index is 846. The summed E-state index contributed by atoms with van der Waals surface area (Å²) in [6.07, 6.45) is 0. The molecule has 1 aromatic rings. The molecule has 9 heteroatoms. The predicted molar refractivity (Wildman–Crippen MR) is 98.1 cm³/mol. The molecule has 1 aliphatic rings. The number of alkyl halides is 1. The lowest BCUT2D eigenvalue weighted by Gasteiger charge is -2.30. The van der Waals surface area contributed by atoms with Gasteiger partial charge in [-0.15, -0.1) is 11.6 Å². The zero-order valence-corrected chi connectivity index (χ0v) is 15.8. The van der Waals surface area contributed by atoms with Gasteiger partial charge in [0.25, 0.3) is 5.69 Å². The van der Waals surface area contributed by atoms with Crippen molar-refractivity contribution in [2.45, 2.75) is 19.8 Å². The van der Waals surface area contributed by atoms with Gasteiger partial charge in [0.1, 0.15) is 6.61 Å². The molecule has 0 aliphatic carbocycles. The SMILES string of the molecule is COC(=O)C1=C(C)NC(C)=C(C(=O)OCCCl)C1c1ccccc1[N+](=O)[O-]. The van der Waals surface area contributed by atoms with Gasteiger partial charge in [-0.3, -0.25) is 10.1 Å². The van der Waals surface area contributed by atoms with Gasteiger partial charge in [0, 0.05) is 23.0 Å². The van der Waals surface area contributed by atoms with E-state index in [1.54, 1.807) is 19.9 Å². The number of nitrogens with zero attached hydrogens (tertiary/aromatic N) is 1. The Morgan fingerprint density at radius 3 is 2.33 bits per heavy atom. The van der Waals surface area contributed by atoms with Gasteiger partial charge in [-0.1, -0.05) is 18.2 Å². The van der Waals surface area contributed by atoms with Gasteiger partial charge in [0.15, 0.2) is 0 Å². The fraction of sp³-hybridized carbons (Fsp3) is 0.333. The average Bonchev–Trinajstić information content (AvgIpc) is 2.64. The number of ether oxygens (including phenoxy) is 2. The number of methoxy groups -OCH3 is 1. The number of carbonyl (C=O) groups is 2. The van der Waals surface area contributed by atoms with Crippen LogP contribution >= 0.6 is 11.6 Å². The molecular weight excluding hydrogens is 376 g/mol. The number of benzene rings is 1. The van der Waals surface area contributed by atoms with E-state index in [0.29, 0.717) is 11.4 Å². The molecule has 1 atom stereocenters. The second-order valence-corrected chi connectivity index (χ2v) is 6.15. The lowest BCUT2D eigenvalue weighted by Crippen LogP contribution is -2.32. The molecule has 0 bridgehead atoms. The van der Waals surface area contributed by atoms with Crippen molar-refractivity contribution in [3.63, 3.8) is 0 Å². The van der Waals surface area contributed by atoms with Crippen LogP contribution in [0.3, 0.4) is 0 Å². The maximum absolute atomic E-state index is 12.7. The van der Waals surface area contributed by atoms with Crippen LogP contribution < -0.4 is 5.32 Å². The van der Waals surface area contributed by atoms with Crippen LogP contribution in [0.15, 0.2) is 46.8 Å². The Balaban J connectivity index is 2.72. The zero-order valence-electron chi connectivity index (χ0n) is 15.1. The van der Waals surface area contributed by atoms with Crippen molar-refractivity contribution in [2.75, 3.05) is 19.6 Å². The summed E-state index contributed by atoms with van der Waals surface area (Å²) in [5.74, 6) is -2.32. The molecule has 1 aromatic carbocycles. The highest BCUT2D eigenvalue weighted by atomic mass is 35.5. The number of rotatable bonds is 6. The summed E-state index contributed by atoms with van der Waals surface area (Å²) in [4.78, 5) is 36.1. The summed E-state index contributed by atoms with van der Waals surface area (Å²) in [5, 5.41) is 14.5. The molecule has 0 saturated heterocycles. The third-order valence-corrected chi connectivity index (χ3v) is 4.29. The molecule has 144 valence electrons. The second-order valence-electron chi connectivity index (χ2n) is 5.77.